The van der Waals surface area contributed by atoms with E-state index in [0.717, 1.165) is 19.2 Å². The molecule has 0 bridgehead atoms. The third kappa shape index (κ3) is 3.35. The van der Waals surface area contributed by atoms with Crippen molar-refractivity contribution in [1.29, 1.82) is 0 Å². The Labute approximate surface area is 100.0 Å². The summed E-state index contributed by atoms with van der Waals surface area (Å²) >= 11 is 0. The Kier molecular flexibility index (Phi) is 4.15. The predicted octanol–water partition coefficient (Wildman–Crippen LogP) is 2.95. The first-order valence-corrected chi connectivity index (χ1v) is 4.87. The van der Waals surface area contributed by atoms with Crippen molar-refractivity contribution in [2.75, 3.05) is 7.11 Å². The predicted molar refractivity (Wildman–Crippen MR) is 54.0 cm³/mol. The van der Waals surface area contributed by atoms with E-state index in [2.05, 4.69) is 0 Å². The van der Waals surface area contributed by atoms with Crippen LogP contribution in [0, 0.1) is 5.82 Å². The van der Waals surface area contributed by atoms with Crippen molar-refractivity contribution in [3.63, 3.8) is 0 Å². The van der Waals surface area contributed by atoms with Gasteiger partial charge in [-0.1, -0.05) is 0 Å². The topological polar surface area (TPSA) is 46.5 Å². The summed E-state index contributed by atoms with van der Waals surface area (Å²) in [5.74, 6) is -5.00. The summed E-state index contributed by atoms with van der Waals surface area (Å²) < 4.78 is 56.0. The van der Waals surface area contributed by atoms with Gasteiger partial charge in [-0.05, 0) is 18.2 Å². The van der Waals surface area contributed by atoms with Gasteiger partial charge < -0.3 is 9.84 Å². The molecule has 1 aromatic rings. The summed E-state index contributed by atoms with van der Waals surface area (Å²) in [7, 11) is 1.13. The molecule has 100 valence electrons. The molecule has 18 heavy (non-hydrogen) atoms. The molecule has 0 amide bonds. The van der Waals surface area contributed by atoms with Gasteiger partial charge in [0.05, 0.1) is 19.4 Å². The molecule has 0 aromatic heterocycles. The van der Waals surface area contributed by atoms with Crippen LogP contribution in [0.25, 0.3) is 0 Å². The molecule has 3 nitrogen and oxygen atoms in total. The number of hydrogen-bond donors (Lipinski definition) is 1. The van der Waals surface area contributed by atoms with Crippen LogP contribution >= 0.6 is 0 Å². The Bertz CT molecular complexity index is 442. The average molecular weight is 266 g/mol. The van der Waals surface area contributed by atoms with E-state index in [1.165, 1.54) is 0 Å². The van der Waals surface area contributed by atoms with E-state index in [4.69, 9.17) is 9.84 Å². The van der Waals surface area contributed by atoms with E-state index < -0.39 is 35.9 Å². The number of carboxylic acids is 1. The Balaban J connectivity index is 3.27. The van der Waals surface area contributed by atoms with Gasteiger partial charge >= 0.3 is 12.1 Å². The highest BCUT2D eigenvalue weighted by molar-refractivity contribution is 5.68. The Morgan fingerprint density at radius 1 is 1.44 bits per heavy atom. The smallest absolute Gasteiger partial charge is 0.396 e. The van der Waals surface area contributed by atoms with Gasteiger partial charge in [-0.15, -0.1) is 0 Å². The zero-order valence-electron chi connectivity index (χ0n) is 9.29. The van der Waals surface area contributed by atoms with Crippen LogP contribution < -0.4 is 4.74 Å². The minimum absolute atomic E-state index is 0.194. The van der Waals surface area contributed by atoms with Crippen molar-refractivity contribution < 1.29 is 32.2 Å². The quantitative estimate of drug-likeness (QED) is 0.852. The summed E-state index contributed by atoms with van der Waals surface area (Å²) in [5, 5.41) is 8.51. The fraction of sp³-hybridized carbons (Fsp3) is 0.364. The van der Waals surface area contributed by atoms with Crippen molar-refractivity contribution in [3.8, 4) is 5.75 Å². The molecular formula is C11H10F4O3. The molecule has 0 spiro atoms. The second kappa shape index (κ2) is 5.24. The number of ether oxygens (including phenoxy) is 1. The molecule has 1 atom stereocenters. The average Bonchev–Trinajstić information content (AvgIpc) is 2.24. The first-order chi connectivity index (χ1) is 8.25. The van der Waals surface area contributed by atoms with Gasteiger partial charge in [-0.3, -0.25) is 4.79 Å². The maximum Gasteiger partial charge on any atom is 0.396 e. The zero-order valence-corrected chi connectivity index (χ0v) is 9.29. The Morgan fingerprint density at radius 3 is 2.50 bits per heavy atom. The number of methoxy groups -OCH3 is 1. The molecule has 0 aliphatic heterocycles. The molecule has 0 aliphatic carbocycles. The third-order valence-corrected chi connectivity index (χ3v) is 2.34. The van der Waals surface area contributed by atoms with Crippen LogP contribution in [0.1, 0.15) is 17.9 Å². The van der Waals surface area contributed by atoms with Gasteiger partial charge in [0.2, 0.25) is 0 Å². The van der Waals surface area contributed by atoms with Crippen molar-refractivity contribution in [3.05, 3.63) is 29.6 Å². The van der Waals surface area contributed by atoms with Crippen molar-refractivity contribution in [2.24, 2.45) is 0 Å². The van der Waals surface area contributed by atoms with E-state index in [9.17, 15) is 22.4 Å². The molecule has 7 heteroatoms. The standard InChI is InChI=1S/C11H10F4O3/c1-18-9-3-2-6(12)4-7(9)8(5-10(16)17)11(13,14)15/h2-4,8H,5H2,1H3,(H,16,17). The summed E-state index contributed by atoms with van der Waals surface area (Å²) in [4.78, 5) is 10.5. The summed E-state index contributed by atoms with van der Waals surface area (Å²) in [6, 6.07) is 2.61. The van der Waals surface area contributed by atoms with Gasteiger partial charge in [0, 0.05) is 5.56 Å². The number of carboxylic acid groups (broad SMARTS) is 1. The molecule has 0 heterocycles. The SMILES string of the molecule is COc1ccc(F)cc1C(CC(=O)O)C(F)(F)F. The van der Waals surface area contributed by atoms with Gasteiger partial charge in [0.1, 0.15) is 11.6 Å². The summed E-state index contributed by atoms with van der Waals surface area (Å²) in [6.45, 7) is 0. The fourth-order valence-electron chi connectivity index (χ4n) is 1.55. The number of halogens is 4. The number of carbonyl (C=O) groups is 1. The molecule has 1 unspecified atom stereocenters. The number of benzene rings is 1. The first kappa shape index (κ1) is 14.3. The van der Waals surface area contributed by atoms with Crippen LogP contribution in [-0.4, -0.2) is 24.4 Å². The van der Waals surface area contributed by atoms with Crippen LogP contribution in [0.3, 0.4) is 0 Å². The van der Waals surface area contributed by atoms with Crippen molar-refractivity contribution in [1.82, 2.24) is 0 Å². The largest absolute Gasteiger partial charge is 0.496 e. The molecule has 0 aliphatic rings. The number of hydrogen-bond acceptors (Lipinski definition) is 2. The zero-order chi connectivity index (χ0) is 13.9. The number of alkyl halides is 3. The summed E-state index contributed by atoms with van der Waals surface area (Å²) in [5.41, 5.74) is -0.521. The molecular weight excluding hydrogens is 256 g/mol. The van der Waals surface area contributed by atoms with Crippen LogP contribution in [0.4, 0.5) is 17.6 Å². The monoisotopic (exact) mass is 266 g/mol. The molecule has 1 aromatic carbocycles. The minimum Gasteiger partial charge on any atom is -0.496 e. The maximum atomic E-state index is 13.0. The summed E-state index contributed by atoms with van der Waals surface area (Å²) in [6.07, 6.45) is -5.97. The molecule has 1 rings (SSSR count). The lowest BCUT2D eigenvalue weighted by Gasteiger charge is -2.21. The molecule has 1 N–H and O–H groups in total. The Hall–Kier alpha value is -1.79. The highest BCUT2D eigenvalue weighted by Crippen LogP contribution is 2.41. The molecule has 0 saturated heterocycles. The van der Waals surface area contributed by atoms with E-state index in [1.807, 2.05) is 0 Å². The van der Waals surface area contributed by atoms with Crippen molar-refractivity contribution >= 4 is 5.97 Å². The van der Waals surface area contributed by atoms with E-state index in [1.54, 1.807) is 0 Å². The highest BCUT2D eigenvalue weighted by atomic mass is 19.4. The number of rotatable bonds is 4. The van der Waals surface area contributed by atoms with Gasteiger partial charge in [0.25, 0.3) is 0 Å². The Morgan fingerprint density at radius 2 is 2.06 bits per heavy atom. The second-order valence-electron chi connectivity index (χ2n) is 3.58. The number of aliphatic carboxylic acids is 1. The maximum absolute atomic E-state index is 13.0. The normalized spacial score (nSPS) is 13.2. The van der Waals surface area contributed by atoms with E-state index in [0.29, 0.717) is 6.07 Å². The molecule has 0 fully saturated rings. The van der Waals surface area contributed by atoms with Gasteiger partial charge in [0.15, 0.2) is 0 Å². The highest BCUT2D eigenvalue weighted by Gasteiger charge is 2.43. The van der Waals surface area contributed by atoms with Gasteiger partial charge in [-0.2, -0.15) is 13.2 Å². The lowest BCUT2D eigenvalue weighted by Crippen LogP contribution is -2.24. The van der Waals surface area contributed by atoms with Crippen LogP contribution in [0.15, 0.2) is 18.2 Å². The van der Waals surface area contributed by atoms with Crippen LogP contribution in [-0.2, 0) is 4.79 Å². The van der Waals surface area contributed by atoms with E-state index >= 15 is 0 Å². The van der Waals surface area contributed by atoms with Crippen molar-refractivity contribution in [2.45, 2.75) is 18.5 Å². The van der Waals surface area contributed by atoms with Crippen LogP contribution in [0.5, 0.6) is 5.75 Å². The fourth-order valence-corrected chi connectivity index (χ4v) is 1.55. The first-order valence-electron chi connectivity index (χ1n) is 4.87. The van der Waals surface area contributed by atoms with Crippen LogP contribution in [0.2, 0.25) is 0 Å². The third-order valence-electron chi connectivity index (χ3n) is 2.34. The lowest BCUT2D eigenvalue weighted by molar-refractivity contribution is -0.163. The lowest BCUT2D eigenvalue weighted by atomic mass is 9.94. The molecule has 0 radical (unpaired) electrons. The minimum atomic E-state index is -4.79. The van der Waals surface area contributed by atoms with E-state index in [-0.39, 0.29) is 5.75 Å². The molecule has 0 saturated carbocycles. The van der Waals surface area contributed by atoms with Gasteiger partial charge in [-0.25, -0.2) is 4.39 Å². The second-order valence-corrected chi connectivity index (χ2v) is 3.58.